The maximum atomic E-state index is 2.43. The summed E-state index contributed by atoms with van der Waals surface area (Å²) in [5, 5.41) is 9.97. The second-order valence-corrected chi connectivity index (χ2v) is 14.2. The first-order valence-corrected chi connectivity index (χ1v) is 18.7. The van der Waals surface area contributed by atoms with Crippen LogP contribution in [-0.2, 0) is 0 Å². The van der Waals surface area contributed by atoms with Crippen LogP contribution >= 0.6 is 0 Å². The van der Waals surface area contributed by atoms with Crippen molar-refractivity contribution in [2.75, 3.05) is 4.90 Å². The average molecular weight is 688 g/mol. The number of aryl methyl sites for hydroxylation is 1. The molecule has 0 aliphatic rings. The first kappa shape index (κ1) is 31.7. The lowest BCUT2D eigenvalue weighted by Crippen LogP contribution is -2.10. The van der Waals surface area contributed by atoms with Gasteiger partial charge in [-0.25, -0.2) is 0 Å². The minimum Gasteiger partial charge on any atom is -0.310 e. The SMILES string of the molecule is Cc1cccc(N(c2ccc3ccccc3c2)c2ccc3c(c2)c2ccccc2c2c(-c4ccccc4)cc(-c4ccccc4)c(-c4ccccc4)c32)c1. The van der Waals surface area contributed by atoms with Gasteiger partial charge in [0.15, 0.2) is 0 Å². The molecule has 1 heteroatoms. The quantitative estimate of drug-likeness (QED) is 0.157. The molecular formula is C53H37N. The molecule has 0 unspecified atom stereocenters. The zero-order valence-corrected chi connectivity index (χ0v) is 30.1. The van der Waals surface area contributed by atoms with E-state index in [1.54, 1.807) is 0 Å². The largest absolute Gasteiger partial charge is 0.310 e. The van der Waals surface area contributed by atoms with Crippen LogP contribution < -0.4 is 4.90 Å². The van der Waals surface area contributed by atoms with E-state index >= 15 is 0 Å². The van der Waals surface area contributed by atoms with E-state index < -0.39 is 0 Å². The van der Waals surface area contributed by atoms with Gasteiger partial charge < -0.3 is 4.90 Å². The highest BCUT2D eigenvalue weighted by molar-refractivity contribution is 6.33. The van der Waals surface area contributed by atoms with Crippen molar-refractivity contribution in [3.63, 3.8) is 0 Å². The number of rotatable bonds is 6. The van der Waals surface area contributed by atoms with Gasteiger partial charge in [0.25, 0.3) is 0 Å². The number of anilines is 3. The van der Waals surface area contributed by atoms with Crippen LogP contribution in [0.25, 0.3) is 76.5 Å². The zero-order chi connectivity index (χ0) is 36.0. The van der Waals surface area contributed by atoms with Crippen LogP contribution in [0, 0.1) is 6.92 Å². The molecule has 54 heavy (non-hydrogen) atoms. The van der Waals surface area contributed by atoms with Crippen molar-refractivity contribution < 1.29 is 0 Å². The van der Waals surface area contributed by atoms with Crippen LogP contribution in [0.2, 0.25) is 0 Å². The summed E-state index contributed by atoms with van der Waals surface area (Å²) in [7, 11) is 0. The van der Waals surface area contributed by atoms with Gasteiger partial charge in [-0.3, -0.25) is 0 Å². The number of fused-ring (bicyclic) bond motifs is 7. The summed E-state index contributed by atoms with van der Waals surface area (Å²) in [6.45, 7) is 2.17. The summed E-state index contributed by atoms with van der Waals surface area (Å²) >= 11 is 0. The smallest absolute Gasteiger partial charge is 0.0468 e. The summed E-state index contributed by atoms with van der Waals surface area (Å²) in [5.74, 6) is 0. The standard InChI is InChI=1S/C53H37N/c1-36-16-15-25-42(32-36)54(43-29-28-37-17-11-12-24-41(37)33-43)44-30-31-47-50(34-44)45-26-13-14-27-46(45)52-49(39-20-7-3-8-21-39)35-48(38-18-5-2-6-19-38)51(53(47)52)40-22-9-4-10-23-40/h2-35H,1H3. The first-order chi connectivity index (χ1) is 26.7. The Morgan fingerprint density at radius 2 is 0.870 bits per heavy atom. The molecule has 0 aliphatic carbocycles. The lowest BCUT2D eigenvalue weighted by atomic mass is 9.81. The van der Waals surface area contributed by atoms with Crippen molar-refractivity contribution in [1.82, 2.24) is 0 Å². The molecule has 0 atom stereocenters. The van der Waals surface area contributed by atoms with Gasteiger partial charge in [-0.15, -0.1) is 0 Å². The van der Waals surface area contributed by atoms with E-state index in [0.717, 1.165) is 17.1 Å². The third kappa shape index (κ3) is 5.41. The molecule has 0 N–H and O–H groups in total. The summed E-state index contributed by atoms with van der Waals surface area (Å²) in [4.78, 5) is 2.41. The molecule has 1 nitrogen and oxygen atoms in total. The summed E-state index contributed by atoms with van der Waals surface area (Å²) in [6, 6.07) is 75.5. The van der Waals surface area contributed by atoms with Crippen LogP contribution in [0.15, 0.2) is 206 Å². The molecule has 10 aromatic carbocycles. The lowest BCUT2D eigenvalue weighted by molar-refractivity contribution is 1.28. The Hall–Kier alpha value is -6.96. The van der Waals surface area contributed by atoms with Crippen molar-refractivity contribution in [2.24, 2.45) is 0 Å². The molecule has 0 amide bonds. The predicted molar refractivity (Wildman–Crippen MR) is 232 cm³/mol. The Bertz CT molecular complexity index is 2980. The normalized spacial score (nSPS) is 11.4. The van der Waals surface area contributed by atoms with Gasteiger partial charge in [0, 0.05) is 17.1 Å². The van der Waals surface area contributed by atoms with Crippen LogP contribution in [-0.4, -0.2) is 0 Å². The highest BCUT2D eigenvalue weighted by Crippen LogP contribution is 2.50. The minimum atomic E-state index is 1.12. The average Bonchev–Trinajstić information content (AvgIpc) is 3.24. The second kappa shape index (κ2) is 13.2. The molecule has 10 aromatic rings. The van der Waals surface area contributed by atoms with Crippen molar-refractivity contribution in [1.29, 1.82) is 0 Å². The van der Waals surface area contributed by atoms with Crippen molar-refractivity contribution >= 4 is 60.2 Å². The first-order valence-electron chi connectivity index (χ1n) is 18.7. The molecule has 0 heterocycles. The molecule has 10 rings (SSSR count). The third-order valence-corrected chi connectivity index (χ3v) is 10.8. The van der Waals surface area contributed by atoms with Gasteiger partial charge >= 0.3 is 0 Å². The molecule has 0 aromatic heterocycles. The molecule has 0 fully saturated rings. The van der Waals surface area contributed by atoms with E-state index in [1.807, 2.05) is 0 Å². The Kier molecular flexibility index (Phi) is 7.78. The Morgan fingerprint density at radius 1 is 0.315 bits per heavy atom. The second-order valence-electron chi connectivity index (χ2n) is 14.2. The Morgan fingerprint density at radius 3 is 1.59 bits per heavy atom. The highest BCUT2D eigenvalue weighted by atomic mass is 15.1. The minimum absolute atomic E-state index is 1.12. The summed E-state index contributed by atoms with van der Waals surface area (Å²) in [6.07, 6.45) is 0. The Balaban J connectivity index is 1.35. The predicted octanol–water partition coefficient (Wildman–Crippen LogP) is 15.1. The van der Waals surface area contributed by atoms with Crippen molar-refractivity contribution in [3.8, 4) is 33.4 Å². The number of hydrogen-bond donors (Lipinski definition) is 0. The van der Waals surface area contributed by atoms with Crippen molar-refractivity contribution in [3.05, 3.63) is 212 Å². The van der Waals surface area contributed by atoms with Crippen molar-refractivity contribution in [2.45, 2.75) is 6.92 Å². The zero-order valence-electron chi connectivity index (χ0n) is 30.1. The van der Waals surface area contributed by atoms with E-state index in [2.05, 4.69) is 218 Å². The van der Waals surface area contributed by atoms with Crippen LogP contribution in [0.1, 0.15) is 5.56 Å². The molecule has 0 bridgehead atoms. The fraction of sp³-hybridized carbons (Fsp3) is 0.0189. The number of benzene rings is 10. The molecule has 0 saturated carbocycles. The van der Waals surface area contributed by atoms with Crippen LogP contribution in [0.5, 0.6) is 0 Å². The van der Waals surface area contributed by atoms with E-state index in [4.69, 9.17) is 0 Å². The van der Waals surface area contributed by atoms with Crippen LogP contribution in [0.4, 0.5) is 17.1 Å². The Labute approximate surface area is 316 Å². The van der Waals surface area contributed by atoms with Gasteiger partial charge in [0.2, 0.25) is 0 Å². The molecule has 0 radical (unpaired) electrons. The molecule has 0 aliphatic heterocycles. The number of nitrogens with zero attached hydrogens (tertiary/aromatic N) is 1. The van der Waals surface area contributed by atoms with Gasteiger partial charge in [-0.05, 0) is 131 Å². The topological polar surface area (TPSA) is 3.24 Å². The molecule has 0 saturated heterocycles. The lowest BCUT2D eigenvalue weighted by Gasteiger charge is -2.27. The maximum Gasteiger partial charge on any atom is 0.0468 e. The van der Waals surface area contributed by atoms with E-state index in [-0.39, 0.29) is 0 Å². The maximum absolute atomic E-state index is 2.43. The summed E-state index contributed by atoms with van der Waals surface area (Å²) in [5.41, 5.74) is 12.0. The van der Waals surface area contributed by atoms with Crippen LogP contribution in [0.3, 0.4) is 0 Å². The summed E-state index contributed by atoms with van der Waals surface area (Å²) < 4.78 is 0. The van der Waals surface area contributed by atoms with Gasteiger partial charge in [-0.1, -0.05) is 164 Å². The fourth-order valence-corrected chi connectivity index (χ4v) is 8.41. The van der Waals surface area contributed by atoms with E-state index in [9.17, 15) is 0 Å². The van der Waals surface area contributed by atoms with Gasteiger partial charge in [-0.2, -0.15) is 0 Å². The molecular weight excluding hydrogens is 651 g/mol. The van der Waals surface area contributed by atoms with Gasteiger partial charge in [0.1, 0.15) is 0 Å². The molecule has 254 valence electrons. The van der Waals surface area contributed by atoms with E-state index in [1.165, 1.54) is 82.0 Å². The molecule has 0 spiro atoms. The monoisotopic (exact) mass is 687 g/mol. The van der Waals surface area contributed by atoms with E-state index in [0.29, 0.717) is 0 Å². The third-order valence-electron chi connectivity index (χ3n) is 10.8. The van der Waals surface area contributed by atoms with Gasteiger partial charge in [0.05, 0.1) is 0 Å². The fourth-order valence-electron chi connectivity index (χ4n) is 8.41. The number of hydrogen-bond acceptors (Lipinski definition) is 1. The highest BCUT2D eigenvalue weighted by Gasteiger charge is 2.23.